The molecule has 1 aliphatic rings. The summed E-state index contributed by atoms with van der Waals surface area (Å²) in [5.41, 5.74) is 0. The van der Waals surface area contributed by atoms with Gasteiger partial charge < -0.3 is 4.90 Å². The van der Waals surface area contributed by atoms with Gasteiger partial charge in [0.1, 0.15) is 0 Å². The highest BCUT2D eigenvalue weighted by molar-refractivity contribution is 4.83. The number of likely N-dealkylation sites (tertiary alicyclic amines) is 1. The van der Waals surface area contributed by atoms with Crippen molar-refractivity contribution in [1.82, 2.24) is 4.90 Å². The summed E-state index contributed by atoms with van der Waals surface area (Å²) in [6.45, 7) is 7.64. The molecule has 0 radical (unpaired) electrons. The second-order valence-electron chi connectivity index (χ2n) is 4.18. The molecule has 1 fully saturated rings. The Hall–Kier alpha value is -0.550. The number of rotatable bonds is 3. The molecule has 1 saturated heterocycles. The molecule has 1 rings (SSSR count). The molecule has 0 aromatic heterocycles. The van der Waals surface area contributed by atoms with E-state index >= 15 is 0 Å². The maximum Gasteiger partial charge on any atom is 0.0666 e. The Kier molecular flexibility index (Phi) is 4.24. The minimum absolute atomic E-state index is 0.193. The first kappa shape index (κ1) is 10.5. The Balaban J connectivity index is 2.22. The van der Waals surface area contributed by atoms with Gasteiger partial charge in [0, 0.05) is 6.54 Å². The van der Waals surface area contributed by atoms with Crippen LogP contribution in [0, 0.1) is 23.2 Å². The van der Waals surface area contributed by atoms with E-state index in [4.69, 9.17) is 5.26 Å². The van der Waals surface area contributed by atoms with Crippen LogP contribution >= 0.6 is 0 Å². The smallest absolute Gasteiger partial charge is 0.0666 e. The third kappa shape index (κ3) is 3.36. The van der Waals surface area contributed by atoms with Crippen LogP contribution in [0.4, 0.5) is 0 Å². The molecule has 2 heteroatoms. The molecule has 1 heterocycles. The second-order valence-corrected chi connectivity index (χ2v) is 4.18. The molecule has 0 amide bonds. The van der Waals surface area contributed by atoms with E-state index < -0.39 is 0 Å². The van der Waals surface area contributed by atoms with Gasteiger partial charge in [-0.05, 0) is 38.8 Å². The van der Waals surface area contributed by atoms with Gasteiger partial charge in [-0.3, -0.25) is 0 Å². The van der Waals surface area contributed by atoms with Crippen molar-refractivity contribution in [2.45, 2.75) is 33.1 Å². The van der Waals surface area contributed by atoms with Gasteiger partial charge in [-0.1, -0.05) is 13.3 Å². The number of hydrogen-bond acceptors (Lipinski definition) is 2. The van der Waals surface area contributed by atoms with Crippen molar-refractivity contribution >= 4 is 0 Å². The van der Waals surface area contributed by atoms with E-state index in [1.165, 1.54) is 32.4 Å². The van der Waals surface area contributed by atoms with E-state index in [9.17, 15) is 0 Å². The van der Waals surface area contributed by atoms with Crippen LogP contribution in [0.5, 0.6) is 0 Å². The SMILES string of the molecule is CCC1CCN(CC(C)C#N)CC1. The quantitative estimate of drug-likeness (QED) is 0.666. The second kappa shape index (κ2) is 5.24. The molecular formula is C11H20N2. The van der Waals surface area contributed by atoms with E-state index in [1.54, 1.807) is 0 Å². The lowest BCUT2D eigenvalue weighted by molar-refractivity contribution is 0.172. The van der Waals surface area contributed by atoms with Crippen molar-refractivity contribution < 1.29 is 0 Å². The van der Waals surface area contributed by atoms with E-state index in [0.29, 0.717) is 0 Å². The molecule has 0 aromatic carbocycles. The average Bonchev–Trinajstić information content (AvgIpc) is 2.19. The van der Waals surface area contributed by atoms with Crippen LogP contribution < -0.4 is 0 Å². The normalized spacial score (nSPS) is 22.5. The van der Waals surface area contributed by atoms with Gasteiger partial charge >= 0.3 is 0 Å². The molecule has 2 nitrogen and oxygen atoms in total. The van der Waals surface area contributed by atoms with Crippen molar-refractivity contribution in [2.75, 3.05) is 19.6 Å². The molecule has 0 spiro atoms. The maximum atomic E-state index is 8.69. The van der Waals surface area contributed by atoms with Gasteiger partial charge in [0.2, 0.25) is 0 Å². The van der Waals surface area contributed by atoms with Gasteiger partial charge in [-0.25, -0.2) is 0 Å². The molecule has 0 bridgehead atoms. The molecule has 74 valence electrons. The summed E-state index contributed by atoms with van der Waals surface area (Å²) in [5.74, 6) is 1.13. The zero-order chi connectivity index (χ0) is 9.68. The van der Waals surface area contributed by atoms with Gasteiger partial charge in [-0.15, -0.1) is 0 Å². The van der Waals surface area contributed by atoms with Gasteiger partial charge in [0.15, 0.2) is 0 Å². The molecule has 0 saturated carbocycles. The standard InChI is InChI=1S/C11H20N2/c1-3-11-4-6-13(7-5-11)9-10(2)8-12/h10-11H,3-7,9H2,1-2H3. The fourth-order valence-electron chi connectivity index (χ4n) is 2.01. The highest BCUT2D eigenvalue weighted by atomic mass is 15.1. The summed E-state index contributed by atoms with van der Waals surface area (Å²) < 4.78 is 0. The predicted octanol–water partition coefficient (Wildman–Crippen LogP) is 2.27. The minimum atomic E-state index is 0.193. The lowest BCUT2D eigenvalue weighted by atomic mass is 9.94. The molecule has 1 atom stereocenters. The number of nitrogens with zero attached hydrogens (tertiary/aromatic N) is 2. The lowest BCUT2D eigenvalue weighted by Crippen LogP contribution is -2.36. The Bertz CT molecular complexity index is 175. The van der Waals surface area contributed by atoms with Gasteiger partial charge in [0.05, 0.1) is 12.0 Å². The zero-order valence-corrected chi connectivity index (χ0v) is 8.79. The van der Waals surface area contributed by atoms with Crippen molar-refractivity contribution in [3.8, 4) is 6.07 Å². The van der Waals surface area contributed by atoms with E-state index in [1.807, 2.05) is 6.92 Å². The Morgan fingerprint density at radius 3 is 2.54 bits per heavy atom. The van der Waals surface area contributed by atoms with Gasteiger partial charge in [0.25, 0.3) is 0 Å². The summed E-state index contributed by atoms with van der Waals surface area (Å²) in [6.07, 6.45) is 3.98. The van der Waals surface area contributed by atoms with Gasteiger partial charge in [-0.2, -0.15) is 5.26 Å². The third-order valence-corrected chi connectivity index (χ3v) is 3.04. The summed E-state index contributed by atoms with van der Waals surface area (Å²) >= 11 is 0. The Labute approximate surface area is 81.5 Å². The summed E-state index contributed by atoms with van der Waals surface area (Å²) in [7, 11) is 0. The fourth-order valence-corrected chi connectivity index (χ4v) is 2.01. The van der Waals surface area contributed by atoms with Crippen LogP contribution in [0.2, 0.25) is 0 Å². The first-order valence-electron chi connectivity index (χ1n) is 5.38. The largest absolute Gasteiger partial charge is 0.302 e. The molecule has 0 N–H and O–H groups in total. The van der Waals surface area contributed by atoms with Crippen LogP contribution in [0.1, 0.15) is 33.1 Å². The summed E-state index contributed by atoms with van der Waals surface area (Å²) in [6, 6.07) is 2.30. The van der Waals surface area contributed by atoms with E-state index in [-0.39, 0.29) is 5.92 Å². The number of hydrogen-bond donors (Lipinski definition) is 0. The highest BCUT2D eigenvalue weighted by Gasteiger charge is 2.18. The monoisotopic (exact) mass is 180 g/mol. The first-order chi connectivity index (χ1) is 6.26. The van der Waals surface area contributed by atoms with Crippen molar-refractivity contribution in [3.63, 3.8) is 0 Å². The Morgan fingerprint density at radius 2 is 2.08 bits per heavy atom. The van der Waals surface area contributed by atoms with Crippen LogP contribution in [-0.4, -0.2) is 24.5 Å². The average molecular weight is 180 g/mol. The van der Waals surface area contributed by atoms with Crippen molar-refractivity contribution in [3.05, 3.63) is 0 Å². The van der Waals surface area contributed by atoms with E-state index in [2.05, 4.69) is 17.9 Å². The predicted molar refractivity (Wildman–Crippen MR) is 54.2 cm³/mol. The molecule has 1 aliphatic heterocycles. The maximum absolute atomic E-state index is 8.69. The molecule has 0 aromatic rings. The van der Waals surface area contributed by atoms with Crippen molar-refractivity contribution in [2.24, 2.45) is 11.8 Å². The van der Waals surface area contributed by atoms with Crippen LogP contribution in [0.15, 0.2) is 0 Å². The third-order valence-electron chi connectivity index (χ3n) is 3.04. The highest BCUT2D eigenvalue weighted by Crippen LogP contribution is 2.20. The topological polar surface area (TPSA) is 27.0 Å². The summed E-state index contributed by atoms with van der Waals surface area (Å²) in [4.78, 5) is 2.43. The van der Waals surface area contributed by atoms with E-state index in [0.717, 1.165) is 12.5 Å². The molecule has 0 aliphatic carbocycles. The number of nitriles is 1. The lowest BCUT2D eigenvalue weighted by Gasteiger charge is -2.31. The fraction of sp³-hybridized carbons (Fsp3) is 0.909. The number of piperidine rings is 1. The van der Waals surface area contributed by atoms with Crippen LogP contribution in [0.25, 0.3) is 0 Å². The van der Waals surface area contributed by atoms with Crippen molar-refractivity contribution in [1.29, 1.82) is 5.26 Å². The zero-order valence-electron chi connectivity index (χ0n) is 8.79. The first-order valence-corrected chi connectivity index (χ1v) is 5.38. The Morgan fingerprint density at radius 1 is 1.46 bits per heavy atom. The minimum Gasteiger partial charge on any atom is -0.302 e. The van der Waals surface area contributed by atoms with Crippen LogP contribution in [0.3, 0.4) is 0 Å². The van der Waals surface area contributed by atoms with Crippen LogP contribution in [-0.2, 0) is 0 Å². The molecule has 1 unspecified atom stereocenters. The summed E-state index contributed by atoms with van der Waals surface area (Å²) in [5, 5.41) is 8.69. The molecule has 13 heavy (non-hydrogen) atoms. The molecular weight excluding hydrogens is 160 g/mol.